The van der Waals surface area contributed by atoms with Gasteiger partial charge in [0.05, 0.1) is 10.3 Å². The van der Waals surface area contributed by atoms with Crippen molar-refractivity contribution in [2.75, 3.05) is 13.6 Å². The maximum atomic E-state index is 11.6. The number of carbonyl (C=O) groups excluding carboxylic acids is 1. The lowest BCUT2D eigenvalue weighted by Gasteiger charge is -2.23. The smallest absolute Gasteiger partial charge is 0.269 e. The summed E-state index contributed by atoms with van der Waals surface area (Å²) in [6, 6.07) is 4.29. The first-order chi connectivity index (χ1) is 9.27. The van der Waals surface area contributed by atoms with E-state index >= 15 is 0 Å². The molecule has 110 valence electrons. The third-order valence-corrected chi connectivity index (χ3v) is 3.33. The van der Waals surface area contributed by atoms with E-state index in [1.807, 2.05) is 13.8 Å². The highest BCUT2D eigenvalue weighted by molar-refractivity contribution is 6.31. The fourth-order valence-corrected chi connectivity index (χ4v) is 1.92. The highest BCUT2D eigenvalue weighted by Crippen LogP contribution is 2.22. The molecule has 0 saturated carbocycles. The van der Waals surface area contributed by atoms with Crippen LogP contribution in [0.5, 0.6) is 0 Å². The largest absolute Gasteiger partial charge is 0.359 e. The van der Waals surface area contributed by atoms with Crippen LogP contribution >= 0.6 is 11.6 Å². The molecule has 1 aromatic rings. The summed E-state index contributed by atoms with van der Waals surface area (Å²) in [5.74, 6) is -0.0739. The van der Waals surface area contributed by atoms with Gasteiger partial charge in [-0.05, 0) is 25.5 Å². The molecule has 2 N–H and O–H groups in total. The van der Waals surface area contributed by atoms with Gasteiger partial charge in [0.1, 0.15) is 0 Å². The molecule has 0 aliphatic heterocycles. The summed E-state index contributed by atoms with van der Waals surface area (Å²) in [6.45, 7) is 4.42. The summed E-state index contributed by atoms with van der Waals surface area (Å²) in [4.78, 5) is 21.9. The Bertz CT molecular complexity index is 518. The van der Waals surface area contributed by atoms with Crippen LogP contribution in [-0.4, -0.2) is 24.4 Å². The maximum Gasteiger partial charge on any atom is 0.269 e. The number of nitrogens with zero attached hydrogens (tertiary/aromatic N) is 1. The standard InChI is InChI=1S/C13H18ClN3O3/c1-13(2,12(18)15-3)8-16-7-9-6-10(17(19)20)4-5-11(9)14/h4-6,16H,7-8H2,1-3H3,(H,15,18). The molecule has 0 aromatic heterocycles. The van der Waals surface area contributed by atoms with Gasteiger partial charge in [0, 0.05) is 37.3 Å². The second-order valence-electron chi connectivity index (χ2n) is 5.10. The minimum atomic E-state index is -0.568. The summed E-state index contributed by atoms with van der Waals surface area (Å²) in [5.41, 5.74) is 0.0624. The lowest BCUT2D eigenvalue weighted by atomic mass is 9.92. The third kappa shape index (κ3) is 4.18. The fourth-order valence-electron chi connectivity index (χ4n) is 1.74. The number of benzene rings is 1. The van der Waals surface area contributed by atoms with E-state index in [4.69, 9.17) is 11.6 Å². The van der Waals surface area contributed by atoms with Crippen LogP contribution in [0.25, 0.3) is 0 Å². The fraction of sp³-hybridized carbons (Fsp3) is 0.462. The Hall–Kier alpha value is -1.66. The predicted molar refractivity (Wildman–Crippen MR) is 77.7 cm³/mol. The van der Waals surface area contributed by atoms with Gasteiger partial charge in [-0.1, -0.05) is 11.6 Å². The Labute approximate surface area is 122 Å². The molecule has 0 fully saturated rings. The van der Waals surface area contributed by atoms with Gasteiger partial charge >= 0.3 is 0 Å². The van der Waals surface area contributed by atoms with Gasteiger partial charge in [-0.25, -0.2) is 0 Å². The van der Waals surface area contributed by atoms with Gasteiger partial charge < -0.3 is 10.6 Å². The number of non-ortho nitro benzene ring substituents is 1. The number of rotatable bonds is 6. The molecular weight excluding hydrogens is 282 g/mol. The molecule has 6 nitrogen and oxygen atoms in total. The van der Waals surface area contributed by atoms with Gasteiger partial charge in [0.15, 0.2) is 0 Å². The van der Waals surface area contributed by atoms with E-state index in [0.717, 1.165) is 0 Å². The molecule has 20 heavy (non-hydrogen) atoms. The number of nitro benzene ring substituents is 1. The van der Waals surface area contributed by atoms with Gasteiger partial charge in [0.2, 0.25) is 5.91 Å². The summed E-state index contributed by atoms with van der Waals surface area (Å²) in [6.07, 6.45) is 0. The number of amides is 1. The molecule has 0 atom stereocenters. The van der Waals surface area contributed by atoms with Crippen LogP contribution in [0.2, 0.25) is 5.02 Å². The van der Waals surface area contributed by atoms with E-state index < -0.39 is 10.3 Å². The first-order valence-electron chi connectivity index (χ1n) is 6.13. The maximum absolute atomic E-state index is 11.6. The zero-order valence-electron chi connectivity index (χ0n) is 11.7. The van der Waals surface area contributed by atoms with Crippen molar-refractivity contribution in [3.63, 3.8) is 0 Å². The quantitative estimate of drug-likeness (QED) is 0.622. The molecule has 0 radical (unpaired) electrons. The first kappa shape index (κ1) is 16.4. The number of hydrogen-bond donors (Lipinski definition) is 2. The van der Waals surface area contributed by atoms with Crippen molar-refractivity contribution in [2.45, 2.75) is 20.4 Å². The van der Waals surface area contributed by atoms with Crippen molar-refractivity contribution in [2.24, 2.45) is 5.41 Å². The summed E-state index contributed by atoms with van der Waals surface area (Å²) in [5, 5.41) is 16.9. The molecule has 1 amide bonds. The number of nitro groups is 1. The van der Waals surface area contributed by atoms with E-state index in [-0.39, 0.29) is 11.6 Å². The topological polar surface area (TPSA) is 84.3 Å². The Kier molecular flexibility index (Phi) is 5.47. The molecule has 0 unspecified atom stereocenters. The molecular formula is C13H18ClN3O3. The normalized spacial score (nSPS) is 11.2. The minimum absolute atomic E-state index is 0.00300. The summed E-state index contributed by atoms with van der Waals surface area (Å²) in [7, 11) is 1.58. The van der Waals surface area contributed by atoms with Crippen LogP contribution in [0.4, 0.5) is 5.69 Å². The lowest BCUT2D eigenvalue weighted by Crippen LogP contribution is -2.41. The second kappa shape index (κ2) is 6.67. The van der Waals surface area contributed by atoms with Gasteiger partial charge in [-0.3, -0.25) is 14.9 Å². The van der Waals surface area contributed by atoms with E-state index in [2.05, 4.69) is 10.6 Å². The molecule has 0 aliphatic carbocycles. The third-order valence-electron chi connectivity index (χ3n) is 2.96. The zero-order chi connectivity index (χ0) is 15.3. The van der Waals surface area contributed by atoms with Gasteiger partial charge in [-0.15, -0.1) is 0 Å². The Morgan fingerprint density at radius 1 is 1.45 bits per heavy atom. The molecule has 0 bridgehead atoms. The molecule has 1 aromatic carbocycles. The van der Waals surface area contributed by atoms with Crippen molar-refractivity contribution < 1.29 is 9.72 Å². The highest BCUT2D eigenvalue weighted by Gasteiger charge is 2.25. The second-order valence-corrected chi connectivity index (χ2v) is 5.51. The SMILES string of the molecule is CNC(=O)C(C)(C)CNCc1cc([N+](=O)[O-])ccc1Cl. The van der Waals surface area contributed by atoms with Crippen molar-refractivity contribution in [1.82, 2.24) is 10.6 Å². The number of carbonyl (C=O) groups is 1. The molecule has 7 heteroatoms. The Morgan fingerprint density at radius 3 is 2.65 bits per heavy atom. The van der Waals surface area contributed by atoms with Crippen LogP contribution in [0, 0.1) is 15.5 Å². The first-order valence-corrected chi connectivity index (χ1v) is 6.51. The van der Waals surface area contributed by atoms with E-state index in [9.17, 15) is 14.9 Å². The highest BCUT2D eigenvalue weighted by atomic mass is 35.5. The number of halogens is 1. The van der Waals surface area contributed by atoms with Crippen LogP contribution in [0.3, 0.4) is 0 Å². The molecule has 0 saturated heterocycles. The van der Waals surface area contributed by atoms with Crippen LogP contribution < -0.4 is 10.6 Å². The lowest BCUT2D eigenvalue weighted by molar-refractivity contribution is -0.384. The van der Waals surface area contributed by atoms with E-state index in [1.54, 1.807) is 7.05 Å². The van der Waals surface area contributed by atoms with Crippen LogP contribution in [0.15, 0.2) is 18.2 Å². The monoisotopic (exact) mass is 299 g/mol. The summed E-state index contributed by atoms with van der Waals surface area (Å²) >= 11 is 6.00. The number of hydrogen-bond acceptors (Lipinski definition) is 4. The van der Waals surface area contributed by atoms with E-state index in [1.165, 1.54) is 18.2 Å². The predicted octanol–water partition coefficient (Wildman–Crippen LogP) is 2.11. The average Bonchev–Trinajstić information content (AvgIpc) is 2.39. The summed E-state index contributed by atoms with van der Waals surface area (Å²) < 4.78 is 0. The van der Waals surface area contributed by atoms with E-state index in [0.29, 0.717) is 23.7 Å². The molecule has 0 aliphatic rings. The average molecular weight is 300 g/mol. The van der Waals surface area contributed by atoms with Gasteiger partial charge in [0.25, 0.3) is 5.69 Å². The van der Waals surface area contributed by atoms with Crippen molar-refractivity contribution in [3.8, 4) is 0 Å². The number of nitrogens with one attached hydrogen (secondary N) is 2. The Morgan fingerprint density at radius 2 is 2.10 bits per heavy atom. The zero-order valence-corrected chi connectivity index (χ0v) is 12.5. The Balaban J connectivity index is 2.69. The van der Waals surface area contributed by atoms with Crippen molar-refractivity contribution >= 4 is 23.2 Å². The minimum Gasteiger partial charge on any atom is -0.359 e. The van der Waals surface area contributed by atoms with Crippen molar-refractivity contribution in [3.05, 3.63) is 38.9 Å². The molecule has 0 heterocycles. The van der Waals surface area contributed by atoms with Crippen molar-refractivity contribution in [1.29, 1.82) is 0 Å². The van der Waals surface area contributed by atoms with Crippen LogP contribution in [0.1, 0.15) is 19.4 Å². The molecule has 1 rings (SSSR count). The van der Waals surface area contributed by atoms with Gasteiger partial charge in [-0.2, -0.15) is 0 Å². The molecule has 0 spiro atoms. The van der Waals surface area contributed by atoms with Crippen LogP contribution in [-0.2, 0) is 11.3 Å².